The Morgan fingerprint density at radius 3 is 1.14 bits per heavy atom. The first kappa shape index (κ1) is 45.9. The highest BCUT2D eigenvalue weighted by atomic mass is 16.5. The molecule has 4 N–H and O–H groups in total. The van der Waals surface area contributed by atoms with E-state index in [0.29, 0.717) is 45.8 Å². The number of benzene rings is 6. The van der Waals surface area contributed by atoms with Crippen molar-refractivity contribution in [1.82, 2.24) is 24.9 Å². The maximum Gasteiger partial charge on any atom is 0.119 e. The Morgan fingerprint density at radius 1 is 0.429 bits per heavy atom. The first-order chi connectivity index (χ1) is 30.9. The number of para-hydroxylation sites is 3. The van der Waals surface area contributed by atoms with E-state index >= 15 is 0 Å². The van der Waals surface area contributed by atoms with Crippen molar-refractivity contribution in [1.29, 1.82) is 0 Å². The third-order valence-corrected chi connectivity index (χ3v) is 11.7. The number of hydrogen-bond donors (Lipinski definition) is 4. The summed E-state index contributed by atoms with van der Waals surface area (Å²) in [5, 5.41) is 42.6. The van der Waals surface area contributed by atoms with Crippen molar-refractivity contribution < 1.29 is 29.5 Å². The van der Waals surface area contributed by atoms with Gasteiger partial charge in [-0.15, -0.1) is 0 Å². The molecule has 0 unspecified atom stereocenters. The molecule has 6 aromatic rings. The molecule has 3 atom stereocenters. The quantitative estimate of drug-likeness (QED) is 0.0567. The molecule has 1 fully saturated rings. The summed E-state index contributed by atoms with van der Waals surface area (Å²) < 4.78 is 17.9. The topological polar surface area (TPSA) is 113 Å². The van der Waals surface area contributed by atoms with Gasteiger partial charge >= 0.3 is 0 Å². The first-order valence-corrected chi connectivity index (χ1v) is 22.5. The van der Waals surface area contributed by atoms with Gasteiger partial charge in [-0.25, -0.2) is 0 Å². The second-order valence-electron chi connectivity index (χ2n) is 16.6. The summed E-state index contributed by atoms with van der Waals surface area (Å²) in [7, 11) is 0. The number of hydrogen-bond acceptors (Lipinski definition) is 11. The molecule has 7 rings (SSSR count). The highest BCUT2D eigenvalue weighted by Gasteiger charge is 2.22. The Kier molecular flexibility index (Phi) is 18.0. The van der Waals surface area contributed by atoms with Crippen LogP contribution in [0.2, 0.25) is 0 Å². The summed E-state index contributed by atoms with van der Waals surface area (Å²) in [6, 6.07) is 48.3. The molecule has 11 heteroatoms. The number of β-amino-alcohol motifs (C(OH)–C–C–N with tert-alkyl or cyclic N) is 3. The van der Waals surface area contributed by atoms with Gasteiger partial charge in [0.1, 0.15) is 55.4 Å². The average Bonchev–Trinajstić information content (AvgIpc) is 3.32. The van der Waals surface area contributed by atoms with Crippen LogP contribution >= 0.6 is 0 Å². The van der Waals surface area contributed by atoms with E-state index in [0.717, 1.165) is 63.1 Å². The van der Waals surface area contributed by atoms with E-state index in [-0.39, 0.29) is 19.8 Å². The second-order valence-corrected chi connectivity index (χ2v) is 16.6. The Balaban J connectivity index is 1.03. The van der Waals surface area contributed by atoms with Crippen LogP contribution in [0.15, 0.2) is 146 Å². The van der Waals surface area contributed by atoms with Gasteiger partial charge in [-0.3, -0.25) is 19.6 Å². The van der Waals surface area contributed by atoms with Gasteiger partial charge in [-0.2, -0.15) is 0 Å². The van der Waals surface area contributed by atoms with Crippen molar-refractivity contribution in [2.24, 2.45) is 0 Å². The van der Waals surface area contributed by atoms with Crippen LogP contribution in [0, 0.1) is 0 Å². The summed E-state index contributed by atoms with van der Waals surface area (Å²) in [4.78, 5) is 9.42. The first-order valence-electron chi connectivity index (χ1n) is 22.5. The van der Waals surface area contributed by atoms with Crippen LogP contribution in [0.1, 0.15) is 5.56 Å². The third-order valence-electron chi connectivity index (χ3n) is 11.7. The van der Waals surface area contributed by atoms with Gasteiger partial charge < -0.3 is 34.8 Å². The molecule has 1 aliphatic heterocycles. The fraction of sp³-hybridized carbons (Fsp3) is 0.385. The van der Waals surface area contributed by atoms with E-state index in [2.05, 4.69) is 79.5 Å². The van der Waals surface area contributed by atoms with Crippen LogP contribution < -0.4 is 19.5 Å². The van der Waals surface area contributed by atoms with Gasteiger partial charge in [-0.05, 0) is 69.6 Å². The number of ether oxygens (including phenoxy) is 3. The highest BCUT2D eigenvalue weighted by molar-refractivity contribution is 6.02. The molecule has 1 heterocycles. The van der Waals surface area contributed by atoms with E-state index in [1.807, 2.05) is 91.0 Å². The molecular weight excluding hydrogens is 791 g/mol. The van der Waals surface area contributed by atoms with E-state index in [1.54, 1.807) is 0 Å². The summed E-state index contributed by atoms with van der Waals surface area (Å²) in [6.07, 6.45) is -2.07. The smallest absolute Gasteiger partial charge is 0.119 e. The lowest BCUT2D eigenvalue weighted by Gasteiger charge is -2.36. The number of aliphatic hydroxyl groups excluding tert-OH is 3. The minimum Gasteiger partial charge on any atom is -0.491 e. The summed E-state index contributed by atoms with van der Waals surface area (Å²) in [5.41, 5.74) is 1.31. The van der Waals surface area contributed by atoms with Crippen molar-refractivity contribution in [2.75, 3.05) is 105 Å². The molecule has 0 saturated carbocycles. The van der Waals surface area contributed by atoms with Crippen LogP contribution in [0.4, 0.5) is 0 Å². The monoisotopic (exact) mass is 855 g/mol. The molecule has 0 aromatic heterocycles. The van der Waals surface area contributed by atoms with Gasteiger partial charge in [0.15, 0.2) is 0 Å². The van der Waals surface area contributed by atoms with Crippen LogP contribution in [-0.4, -0.2) is 158 Å². The second kappa shape index (κ2) is 24.7. The molecule has 6 aromatic carbocycles. The molecule has 0 amide bonds. The minimum atomic E-state index is -0.704. The lowest BCUT2D eigenvalue weighted by molar-refractivity contribution is 0.0325. The number of aliphatic hydroxyl groups is 3. The van der Waals surface area contributed by atoms with E-state index in [4.69, 9.17) is 14.2 Å². The summed E-state index contributed by atoms with van der Waals surface area (Å²) >= 11 is 0. The zero-order chi connectivity index (χ0) is 43.5. The summed E-state index contributed by atoms with van der Waals surface area (Å²) in [6.45, 7) is 10.2. The fourth-order valence-corrected chi connectivity index (χ4v) is 8.28. The van der Waals surface area contributed by atoms with Crippen LogP contribution in [-0.2, 0) is 6.54 Å². The third kappa shape index (κ3) is 15.0. The largest absolute Gasteiger partial charge is 0.491 e. The SMILES string of the molecule is O[C@H](COc1ccccc1)CN1CCN(CCNCc2c3ccccc3cc3ccccc23)CCN(C[C@H](O)COc2ccccc2)CCN(C[C@H](O)COc2ccccc2)CC1. The average molecular weight is 856 g/mol. The predicted molar refractivity (Wildman–Crippen MR) is 253 cm³/mol. The zero-order valence-electron chi connectivity index (χ0n) is 36.5. The predicted octanol–water partition coefficient (Wildman–Crippen LogP) is 5.62. The standard InChI is InChI=1S/C52H65N5O6/c58-44(39-61-47-16-4-1-5-17-47)36-55-28-26-54(25-24-53-35-52-50-22-12-10-14-42(50)34-43-15-11-13-23-51(43)52)27-29-56(37-45(59)40-62-48-18-6-2-7-19-48)31-33-57(32-30-55)38-46(60)41-63-49-20-8-3-9-21-49/h1-23,34,44-46,53,58-60H,24-33,35-41H2/t44-,45-,46-/m0/s1. The summed E-state index contributed by atoms with van der Waals surface area (Å²) in [5.74, 6) is 2.20. The Hall–Kier alpha value is -5.08. The molecule has 11 nitrogen and oxygen atoms in total. The maximum atomic E-state index is 11.3. The number of fused-ring (bicyclic) bond motifs is 2. The van der Waals surface area contributed by atoms with Crippen molar-refractivity contribution in [3.05, 3.63) is 151 Å². The van der Waals surface area contributed by atoms with Gasteiger partial charge in [0.2, 0.25) is 0 Å². The minimum absolute atomic E-state index is 0.179. The molecule has 0 aliphatic carbocycles. The molecule has 1 saturated heterocycles. The van der Waals surface area contributed by atoms with Crippen LogP contribution in [0.5, 0.6) is 17.2 Å². The van der Waals surface area contributed by atoms with Crippen LogP contribution in [0.3, 0.4) is 0 Å². The van der Waals surface area contributed by atoms with E-state index in [9.17, 15) is 15.3 Å². The molecular formula is C52H65N5O6. The molecule has 63 heavy (non-hydrogen) atoms. The maximum absolute atomic E-state index is 11.3. The Morgan fingerprint density at radius 2 is 0.762 bits per heavy atom. The molecule has 1 aliphatic rings. The lowest BCUT2D eigenvalue weighted by atomic mass is 9.97. The fourth-order valence-electron chi connectivity index (χ4n) is 8.28. The van der Waals surface area contributed by atoms with E-state index < -0.39 is 18.3 Å². The number of rotatable bonds is 20. The van der Waals surface area contributed by atoms with Gasteiger partial charge in [0.25, 0.3) is 0 Å². The Bertz CT molecular complexity index is 2080. The van der Waals surface area contributed by atoms with Crippen molar-refractivity contribution >= 4 is 21.5 Å². The van der Waals surface area contributed by atoms with Crippen LogP contribution in [0.25, 0.3) is 21.5 Å². The van der Waals surface area contributed by atoms with E-state index in [1.165, 1.54) is 27.1 Å². The highest BCUT2D eigenvalue weighted by Crippen LogP contribution is 2.28. The van der Waals surface area contributed by atoms with Crippen molar-refractivity contribution in [3.8, 4) is 17.2 Å². The van der Waals surface area contributed by atoms with Crippen molar-refractivity contribution in [2.45, 2.75) is 24.9 Å². The normalized spacial score (nSPS) is 16.8. The number of nitrogens with zero attached hydrogens (tertiary/aromatic N) is 4. The molecule has 0 spiro atoms. The molecule has 0 radical (unpaired) electrons. The molecule has 334 valence electrons. The molecule has 0 bridgehead atoms. The lowest BCUT2D eigenvalue weighted by Crippen LogP contribution is -2.50. The zero-order valence-corrected chi connectivity index (χ0v) is 36.5. The van der Waals surface area contributed by atoms with Gasteiger partial charge in [0.05, 0.1) is 0 Å². The van der Waals surface area contributed by atoms with Gasteiger partial charge in [-0.1, -0.05) is 103 Å². The Labute approximate surface area is 373 Å². The van der Waals surface area contributed by atoms with Gasteiger partial charge in [0, 0.05) is 91.6 Å². The van der Waals surface area contributed by atoms with Crippen molar-refractivity contribution in [3.63, 3.8) is 0 Å². The number of nitrogens with one attached hydrogen (secondary N) is 1.